The van der Waals surface area contributed by atoms with Gasteiger partial charge in [-0.05, 0) is 87.2 Å². The van der Waals surface area contributed by atoms with E-state index in [1.807, 2.05) is 0 Å². The molecule has 3 aromatic carbocycles. The molecule has 0 aromatic heterocycles. The molecule has 0 radical (unpaired) electrons. The van der Waals surface area contributed by atoms with Crippen LogP contribution in [0.5, 0.6) is 46.0 Å². The van der Waals surface area contributed by atoms with Crippen LogP contribution >= 0.6 is 15.9 Å². The highest BCUT2D eigenvalue weighted by Gasteiger charge is 2.18. The summed E-state index contributed by atoms with van der Waals surface area (Å²) >= 11 is 3.28. The molecule has 0 fully saturated rings. The van der Waals surface area contributed by atoms with Crippen molar-refractivity contribution in [2.45, 2.75) is 0 Å². The van der Waals surface area contributed by atoms with Crippen molar-refractivity contribution in [1.29, 1.82) is 0 Å². The Balaban J connectivity index is 2.08. The number of hydrogen-bond acceptors (Lipinski definition) is 10. The highest BCUT2D eigenvalue weighted by molar-refractivity contribution is 9.10. The van der Waals surface area contributed by atoms with E-state index in [1.54, 1.807) is 30.3 Å². The van der Waals surface area contributed by atoms with Crippen molar-refractivity contribution in [2.75, 3.05) is 49.8 Å². The lowest BCUT2D eigenvalue weighted by atomic mass is 10.00. The summed E-state index contributed by atoms with van der Waals surface area (Å²) in [5.41, 5.74) is 1.42. The van der Waals surface area contributed by atoms with E-state index in [-0.39, 0.29) is 17.1 Å². The molecule has 0 atom stereocenters. The molecule has 1 N–H and O–H groups in total. The Morgan fingerprint density at radius 2 is 0.932 bits per heavy atom. The SMILES string of the molecule is COc1cc(C=C(C(=O)C=Cc2cc(OC)c(OC)c(OC)c2)C(=O)C=Cc2cc(OC)c(OC)c(OC)c2)cc(Br)c1O. The van der Waals surface area contributed by atoms with Crippen molar-refractivity contribution in [2.24, 2.45) is 0 Å². The van der Waals surface area contributed by atoms with Crippen LogP contribution in [0, 0.1) is 0 Å². The third-order valence-corrected chi connectivity index (χ3v) is 6.95. The molecule has 0 saturated carbocycles. The Morgan fingerprint density at radius 1 is 0.568 bits per heavy atom. The standard InChI is InChI=1S/C33H33BrO10/c1-38-26-18-21(13-23(34)31(26)37)12-22(24(35)10-8-19-14-27(39-2)32(43-6)28(15-19)40-3)25(36)11-9-20-16-29(41-4)33(44-7)30(17-20)42-5/h8-18,37H,1-7H3. The molecular formula is C33H33BrO10. The van der Waals surface area contributed by atoms with Crippen molar-refractivity contribution in [3.8, 4) is 46.0 Å². The summed E-state index contributed by atoms with van der Waals surface area (Å²) in [6.45, 7) is 0. The van der Waals surface area contributed by atoms with Gasteiger partial charge in [-0.2, -0.15) is 0 Å². The van der Waals surface area contributed by atoms with E-state index in [0.717, 1.165) is 0 Å². The fourth-order valence-corrected chi connectivity index (χ4v) is 4.64. The lowest BCUT2D eigenvalue weighted by molar-refractivity contribution is -0.116. The maximum Gasteiger partial charge on any atom is 0.203 e. The molecule has 3 rings (SSSR count). The Bertz CT molecular complexity index is 1480. The fraction of sp³-hybridized carbons (Fsp3) is 0.212. The average Bonchev–Trinajstić information content (AvgIpc) is 3.04. The van der Waals surface area contributed by atoms with Crippen LogP contribution in [0.1, 0.15) is 16.7 Å². The number of methoxy groups -OCH3 is 7. The summed E-state index contributed by atoms with van der Waals surface area (Å²) in [4.78, 5) is 27.1. The summed E-state index contributed by atoms with van der Waals surface area (Å²) in [7, 11) is 10.3. The Morgan fingerprint density at radius 3 is 1.27 bits per heavy atom. The van der Waals surface area contributed by atoms with E-state index in [2.05, 4.69) is 15.9 Å². The van der Waals surface area contributed by atoms with Gasteiger partial charge in [-0.1, -0.05) is 12.2 Å². The molecule has 10 nitrogen and oxygen atoms in total. The number of rotatable bonds is 14. The zero-order chi connectivity index (χ0) is 32.4. The normalized spacial score (nSPS) is 10.8. The summed E-state index contributed by atoms with van der Waals surface area (Å²) in [5.74, 6) is 1.29. The van der Waals surface area contributed by atoms with Crippen LogP contribution in [0.25, 0.3) is 18.2 Å². The van der Waals surface area contributed by atoms with Gasteiger partial charge in [-0.15, -0.1) is 0 Å². The molecule has 0 bridgehead atoms. The van der Waals surface area contributed by atoms with E-state index in [1.165, 1.54) is 86.2 Å². The fourth-order valence-electron chi connectivity index (χ4n) is 4.18. The van der Waals surface area contributed by atoms with Crippen molar-refractivity contribution >= 4 is 45.7 Å². The van der Waals surface area contributed by atoms with E-state index in [0.29, 0.717) is 55.7 Å². The van der Waals surface area contributed by atoms with Crippen molar-refractivity contribution in [3.05, 3.63) is 75.3 Å². The predicted octanol–water partition coefficient (Wildman–Crippen LogP) is 6.16. The number of hydrogen-bond donors (Lipinski definition) is 1. The topological polar surface area (TPSA) is 119 Å². The van der Waals surface area contributed by atoms with Gasteiger partial charge in [0.05, 0.1) is 59.8 Å². The van der Waals surface area contributed by atoms with Gasteiger partial charge in [-0.25, -0.2) is 0 Å². The van der Waals surface area contributed by atoms with Crippen LogP contribution in [0.2, 0.25) is 0 Å². The maximum atomic E-state index is 13.6. The molecule has 0 saturated heterocycles. The summed E-state index contributed by atoms with van der Waals surface area (Å²) in [5, 5.41) is 10.2. The Kier molecular flexibility index (Phi) is 11.9. The molecule has 11 heteroatoms. The van der Waals surface area contributed by atoms with Gasteiger partial charge < -0.3 is 38.3 Å². The van der Waals surface area contributed by atoms with Gasteiger partial charge in [0.25, 0.3) is 0 Å². The minimum absolute atomic E-state index is 0.117. The van der Waals surface area contributed by atoms with Crippen LogP contribution in [0.15, 0.2) is 58.6 Å². The van der Waals surface area contributed by atoms with Crippen molar-refractivity contribution < 1.29 is 47.9 Å². The first-order chi connectivity index (χ1) is 21.1. The first-order valence-electron chi connectivity index (χ1n) is 13.0. The first kappa shape index (κ1) is 33.6. The Labute approximate surface area is 264 Å². The van der Waals surface area contributed by atoms with Crippen LogP contribution in [-0.2, 0) is 9.59 Å². The highest BCUT2D eigenvalue weighted by atomic mass is 79.9. The quantitative estimate of drug-likeness (QED) is 0.121. The molecule has 0 spiro atoms. The number of carbonyl (C=O) groups excluding carboxylic acids is 2. The number of ether oxygens (including phenoxy) is 7. The summed E-state index contributed by atoms with van der Waals surface area (Å²) < 4.78 is 37.8. The number of carbonyl (C=O) groups is 2. The lowest BCUT2D eigenvalue weighted by Gasteiger charge is -2.13. The molecule has 0 aliphatic rings. The number of ketones is 2. The summed E-state index contributed by atoms with van der Waals surface area (Å²) in [6.07, 6.45) is 7.01. The lowest BCUT2D eigenvalue weighted by Crippen LogP contribution is -2.08. The molecule has 0 heterocycles. The van der Waals surface area contributed by atoms with Gasteiger partial charge in [-0.3, -0.25) is 9.59 Å². The highest BCUT2D eigenvalue weighted by Crippen LogP contribution is 2.40. The average molecular weight is 670 g/mol. The number of halogens is 1. The predicted molar refractivity (Wildman–Crippen MR) is 171 cm³/mol. The second kappa shape index (κ2) is 15.5. The van der Waals surface area contributed by atoms with Gasteiger partial charge in [0.15, 0.2) is 46.1 Å². The molecular weight excluding hydrogens is 636 g/mol. The monoisotopic (exact) mass is 668 g/mol. The third kappa shape index (κ3) is 7.73. The number of phenols is 1. The second-order valence-corrected chi connectivity index (χ2v) is 9.78. The number of allylic oxidation sites excluding steroid dienone is 3. The third-order valence-electron chi connectivity index (χ3n) is 6.34. The molecule has 0 unspecified atom stereocenters. The molecule has 0 aliphatic heterocycles. The molecule has 0 amide bonds. The van der Waals surface area contributed by atoms with Gasteiger partial charge in [0, 0.05) is 0 Å². The van der Waals surface area contributed by atoms with Crippen molar-refractivity contribution in [1.82, 2.24) is 0 Å². The molecule has 0 aliphatic carbocycles. The minimum atomic E-state index is -0.582. The number of benzene rings is 3. The number of aromatic hydroxyl groups is 1. The zero-order valence-electron chi connectivity index (χ0n) is 25.4. The molecule has 3 aromatic rings. The van der Waals surface area contributed by atoms with E-state index in [4.69, 9.17) is 33.2 Å². The second-order valence-electron chi connectivity index (χ2n) is 8.92. The van der Waals surface area contributed by atoms with Gasteiger partial charge >= 0.3 is 0 Å². The van der Waals surface area contributed by atoms with E-state index < -0.39 is 11.6 Å². The minimum Gasteiger partial charge on any atom is -0.503 e. The first-order valence-corrected chi connectivity index (χ1v) is 13.8. The summed E-state index contributed by atoms with van der Waals surface area (Å²) in [6, 6.07) is 9.74. The smallest absolute Gasteiger partial charge is 0.203 e. The largest absolute Gasteiger partial charge is 0.503 e. The van der Waals surface area contributed by atoms with Crippen molar-refractivity contribution in [3.63, 3.8) is 0 Å². The number of phenolic OH excluding ortho intramolecular Hbond substituents is 1. The van der Waals surface area contributed by atoms with Gasteiger partial charge in [0.2, 0.25) is 11.5 Å². The van der Waals surface area contributed by atoms with Crippen LogP contribution < -0.4 is 33.2 Å². The van der Waals surface area contributed by atoms with Gasteiger partial charge in [0.1, 0.15) is 0 Å². The zero-order valence-corrected chi connectivity index (χ0v) is 26.9. The van der Waals surface area contributed by atoms with E-state index in [9.17, 15) is 14.7 Å². The molecule has 232 valence electrons. The Hall–Kier alpha value is -4.90. The van der Waals surface area contributed by atoms with Crippen LogP contribution in [0.4, 0.5) is 0 Å². The van der Waals surface area contributed by atoms with E-state index >= 15 is 0 Å². The maximum absolute atomic E-state index is 13.6. The van der Waals surface area contributed by atoms with Crippen LogP contribution in [0.3, 0.4) is 0 Å². The van der Waals surface area contributed by atoms with Crippen LogP contribution in [-0.4, -0.2) is 66.4 Å². The molecule has 44 heavy (non-hydrogen) atoms.